The SMILES string of the molecule is O=C(O)C1CCCCC1CNCCOc1ccccc1Cl. The molecule has 1 aromatic rings. The van der Waals surface area contributed by atoms with Crippen molar-refractivity contribution >= 4 is 17.6 Å². The van der Waals surface area contributed by atoms with Crippen molar-refractivity contribution in [3.8, 4) is 5.75 Å². The lowest BCUT2D eigenvalue weighted by Crippen LogP contribution is -2.36. The van der Waals surface area contributed by atoms with Gasteiger partial charge in [0.15, 0.2) is 0 Å². The van der Waals surface area contributed by atoms with Gasteiger partial charge >= 0.3 is 5.97 Å². The molecule has 0 aromatic heterocycles. The molecule has 0 amide bonds. The van der Waals surface area contributed by atoms with E-state index in [9.17, 15) is 9.90 Å². The fourth-order valence-corrected chi connectivity index (χ4v) is 3.05. The Kier molecular flexibility index (Phi) is 6.33. The Morgan fingerprint density at radius 1 is 1.33 bits per heavy atom. The zero-order valence-corrected chi connectivity index (χ0v) is 12.8. The van der Waals surface area contributed by atoms with Gasteiger partial charge in [-0.2, -0.15) is 0 Å². The van der Waals surface area contributed by atoms with E-state index < -0.39 is 5.97 Å². The first-order valence-corrected chi connectivity index (χ1v) is 7.87. The standard InChI is InChI=1S/C16H22ClNO3/c17-14-7-3-4-8-15(14)21-10-9-18-11-12-5-1-2-6-13(12)16(19)20/h3-4,7-8,12-13,18H,1-2,5-6,9-11H2,(H,19,20). The van der Waals surface area contributed by atoms with E-state index in [1.54, 1.807) is 6.07 Å². The average molecular weight is 312 g/mol. The third-order valence-corrected chi connectivity index (χ3v) is 4.32. The summed E-state index contributed by atoms with van der Waals surface area (Å²) in [6.07, 6.45) is 3.96. The van der Waals surface area contributed by atoms with Crippen molar-refractivity contribution < 1.29 is 14.6 Å². The van der Waals surface area contributed by atoms with Gasteiger partial charge in [-0.25, -0.2) is 0 Å². The lowest BCUT2D eigenvalue weighted by molar-refractivity contribution is -0.144. The molecule has 1 fully saturated rings. The maximum absolute atomic E-state index is 11.2. The van der Waals surface area contributed by atoms with E-state index in [4.69, 9.17) is 16.3 Å². The molecule has 2 N–H and O–H groups in total. The Hall–Kier alpha value is -1.26. The number of ether oxygens (including phenoxy) is 1. The van der Waals surface area contributed by atoms with Gasteiger partial charge in [-0.1, -0.05) is 36.6 Å². The molecule has 5 heteroatoms. The van der Waals surface area contributed by atoms with Crippen LogP contribution < -0.4 is 10.1 Å². The summed E-state index contributed by atoms with van der Waals surface area (Å²) in [6.45, 7) is 1.95. The molecule has 0 radical (unpaired) electrons. The normalized spacial score (nSPS) is 22.0. The number of halogens is 1. The number of hydrogen-bond donors (Lipinski definition) is 2. The van der Waals surface area contributed by atoms with Crippen molar-refractivity contribution in [3.63, 3.8) is 0 Å². The van der Waals surface area contributed by atoms with Crippen molar-refractivity contribution in [1.82, 2.24) is 5.32 Å². The highest BCUT2D eigenvalue weighted by Crippen LogP contribution is 2.29. The summed E-state index contributed by atoms with van der Waals surface area (Å²) in [6, 6.07) is 7.38. The first-order valence-electron chi connectivity index (χ1n) is 7.49. The molecule has 1 aliphatic rings. The molecule has 0 spiro atoms. The highest BCUT2D eigenvalue weighted by atomic mass is 35.5. The smallest absolute Gasteiger partial charge is 0.306 e. The van der Waals surface area contributed by atoms with Crippen molar-refractivity contribution in [2.24, 2.45) is 11.8 Å². The molecule has 0 aliphatic heterocycles. The van der Waals surface area contributed by atoms with Crippen LogP contribution in [0.1, 0.15) is 25.7 Å². The molecule has 0 bridgehead atoms. The number of aliphatic carboxylic acids is 1. The lowest BCUT2D eigenvalue weighted by Gasteiger charge is -2.28. The molecule has 1 saturated carbocycles. The summed E-state index contributed by atoms with van der Waals surface area (Å²) in [5, 5.41) is 13.1. The van der Waals surface area contributed by atoms with Crippen LogP contribution in [0.4, 0.5) is 0 Å². The monoisotopic (exact) mass is 311 g/mol. The van der Waals surface area contributed by atoms with E-state index in [-0.39, 0.29) is 11.8 Å². The minimum absolute atomic E-state index is 0.198. The number of carboxylic acids is 1. The van der Waals surface area contributed by atoms with Crippen LogP contribution in [0.3, 0.4) is 0 Å². The van der Waals surface area contributed by atoms with E-state index in [0.717, 1.165) is 32.2 Å². The summed E-state index contributed by atoms with van der Waals surface area (Å²) in [5.41, 5.74) is 0. The zero-order chi connectivity index (χ0) is 15.1. The Morgan fingerprint density at radius 3 is 2.86 bits per heavy atom. The van der Waals surface area contributed by atoms with Crippen LogP contribution in [-0.4, -0.2) is 30.8 Å². The molecule has 2 atom stereocenters. The summed E-state index contributed by atoms with van der Waals surface area (Å²) >= 11 is 6.00. The van der Waals surface area contributed by atoms with Crippen molar-refractivity contribution in [1.29, 1.82) is 0 Å². The predicted octanol–water partition coefficient (Wildman–Crippen LogP) is 3.20. The lowest BCUT2D eigenvalue weighted by atomic mass is 9.79. The molecule has 0 heterocycles. The largest absolute Gasteiger partial charge is 0.491 e. The van der Waals surface area contributed by atoms with Gasteiger partial charge in [-0.05, 0) is 37.4 Å². The number of carbonyl (C=O) groups is 1. The zero-order valence-electron chi connectivity index (χ0n) is 12.1. The Balaban J connectivity index is 1.67. The number of benzene rings is 1. The number of para-hydroxylation sites is 1. The first-order chi connectivity index (χ1) is 10.2. The molecule has 0 saturated heterocycles. The average Bonchev–Trinajstić information content (AvgIpc) is 2.49. The first kappa shape index (κ1) is 16.1. The van der Waals surface area contributed by atoms with Crippen LogP contribution in [-0.2, 0) is 4.79 Å². The molecular formula is C16H22ClNO3. The van der Waals surface area contributed by atoms with E-state index in [1.807, 2.05) is 18.2 Å². The molecule has 116 valence electrons. The van der Waals surface area contributed by atoms with Gasteiger partial charge in [0.2, 0.25) is 0 Å². The summed E-state index contributed by atoms with van der Waals surface area (Å²) in [4.78, 5) is 11.2. The molecule has 1 aliphatic carbocycles. The number of nitrogens with one attached hydrogen (secondary N) is 1. The van der Waals surface area contributed by atoms with E-state index >= 15 is 0 Å². The topological polar surface area (TPSA) is 58.6 Å². The molecule has 2 unspecified atom stereocenters. The van der Waals surface area contributed by atoms with Crippen LogP contribution in [0.15, 0.2) is 24.3 Å². The minimum Gasteiger partial charge on any atom is -0.491 e. The molecule has 2 rings (SSSR count). The maximum atomic E-state index is 11.2. The van der Waals surface area contributed by atoms with Crippen molar-refractivity contribution in [2.75, 3.05) is 19.7 Å². The van der Waals surface area contributed by atoms with E-state index in [0.29, 0.717) is 23.9 Å². The van der Waals surface area contributed by atoms with Gasteiger partial charge in [0.25, 0.3) is 0 Å². The van der Waals surface area contributed by atoms with Crippen LogP contribution in [0.2, 0.25) is 5.02 Å². The molecule has 4 nitrogen and oxygen atoms in total. The fraction of sp³-hybridized carbons (Fsp3) is 0.562. The third kappa shape index (κ3) is 4.90. The second-order valence-electron chi connectivity index (χ2n) is 5.47. The van der Waals surface area contributed by atoms with Gasteiger partial charge in [-0.3, -0.25) is 4.79 Å². The van der Waals surface area contributed by atoms with Crippen molar-refractivity contribution in [2.45, 2.75) is 25.7 Å². The Labute approximate surface area is 130 Å². The minimum atomic E-state index is -0.659. The van der Waals surface area contributed by atoms with Gasteiger partial charge in [-0.15, -0.1) is 0 Å². The summed E-state index contributed by atoms with van der Waals surface area (Å²) < 4.78 is 5.59. The maximum Gasteiger partial charge on any atom is 0.306 e. The quantitative estimate of drug-likeness (QED) is 0.759. The van der Waals surface area contributed by atoms with E-state index in [1.165, 1.54) is 0 Å². The summed E-state index contributed by atoms with van der Waals surface area (Å²) in [5.74, 6) is 0.0585. The van der Waals surface area contributed by atoms with Gasteiger partial charge < -0.3 is 15.2 Å². The molecular weight excluding hydrogens is 290 g/mol. The van der Waals surface area contributed by atoms with Gasteiger partial charge in [0.1, 0.15) is 12.4 Å². The fourth-order valence-electron chi connectivity index (χ4n) is 2.86. The van der Waals surface area contributed by atoms with Crippen LogP contribution >= 0.6 is 11.6 Å². The predicted molar refractivity (Wildman–Crippen MR) is 82.9 cm³/mol. The highest BCUT2D eigenvalue weighted by Gasteiger charge is 2.30. The summed E-state index contributed by atoms with van der Waals surface area (Å²) in [7, 11) is 0. The Bertz CT molecular complexity index is 467. The van der Waals surface area contributed by atoms with Crippen LogP contribution in [0, 0.1) is 11.8 Å². The second kappa shape index (κ2) is 8.25. The van der Waals surface area contributed by atoms with Crippen LogP contribution in [0.5, 0.6) is 5.75 Å². The number of hydrogen-bond acceptors (Lipinski definition) is 3. The Morgan fingerprint density at radius 2 is 2.10 bits per heavy atom. The molecule has 21 heavy (non-hydrogen) atoms. The van der Waals surface area contributed by atoms with Crippen molar-refractivity contribution in [3.05, 3.63) is 29.3 Å². The highest BCUT2D eigenvalue weighted by molar-refractivity contribution is 6.32. The second-order valence-corrected chi connectivity index (χ2v) is 5.88. The number of rotatable bonds is 7. The van der Waals surface area contributed by atoms with Gasteiger partial charge in [0, 0.05) is 6.54 Å². The van der Waals surface area contributed by atoms with E-state index in [2.05, 4.69) is 5.32 Å². The third-order valence-electron chi connectivity index (χ3n) is 4.01. The number of carboxylic acid groups (broad SMARTS) is 1. The van der Waals surface area contributed by atoms with Gasteiger partial charge in [0.05, 0.1) is 10.9 Å². The molecule has 1 aromatic carbocycles. The van der Waals surface area contributed by atoms with Crippen LogP contribution in [0.25, 0.3) is 0 Å².